The lowest BCUT2D eigenvalue weighted by Crippen LogP contribution is -2.31. The molecule has 2 aromatic rings. The van der Waals surface area contributed by atoms with Crippen LogP contribution in [0, 0.1) is 5.92 Å². The monoisotopic (exact) mass is 289 g/mol. The number of nitrogens with zero attached hydrogens (tertiary/aromatic N) is 1. The first-order valence-electron chi connectivity index (χ1n) is 7.16. The first-order valence-corrected chi connectivity index (χ1v) is 7.16. The van der Waals surface area contributed by atoms with E-state index in [2.05, 4.69) is 5.32 Å². The highest BCUT2D eigenvalue weighted by Crippen LogP contribution is 2.26. The van der Waals surface area contributed by atoms with Crippen LogP contribution < -0.4 is 11.1 Å². The molecule has 1 amide bonds. The van der Waals surface area contributed by atoms with Gasteiger partial charge < -0.3 is 20.4 Å². The Kier molecular flexibility index (Phi) is 4.98. The fourth-order valence-corrected chi connectivity index (χ4v) is 2.19. The molecule has 0 aliphatic carbocycles. The number of benzene rings is 1. The molecule has 0 aliphatic rings. The average Bonchev–Trinajstić information content (AvgIpc) is 2.82. The SMILES string of the molecule is CC(CN)CNC(=O)c1oc2ccccc2c1CN(C)C. The van der Waals surface area contributed by atoms with E-state index in [4.69, 9.17) is 10.2 Å². The van der Waals surface area contributed by atoms with Gasteiger partial charge in [-0.3, -0.25) is 4.79 Å². The Labute approximate surface area is 125 Å². The van der Waals surface area contributed by atoms with E-state index in [1.54, 1.807) is 0 Å². The lowest BCUT2D eigenvalue weighted by atomic mass is 10.1. The number of furan rings is 1. The molecule has 0 spiro atoms. The zero-order valence-electron chi connectivity index (χ0n) is 12.8. The smallest absolute Gasteiger partial charge is 0.287 e. The number of carbonyl (C=O) groups is 1. The number of nitrogens with two attached hydrogens (primary N) is 1. The molecule has 0 radical (unpaired) electrons. The lowest BCUT2D eigenvalue weighted by molar-refractivity contribution is 0.0920. The second-order valence-corrected chi connectivity index (χ2v) is 5.69. The summed E-state index contributed by atoms with van der Waals surface area (Å²) in [6, 6.07) is 7.73. The fourth-order valence-electron chi connectivity index (χ4n) is 2.19. The standard InChI is InChI=1S/C16H23N3O2/c1-11(8-17)9-18-16(20)15-13(10-19(2)3)12-6-4-5-7-14(12)21-15/h4-7,11H,8-10,17H2,1-3H3,(H,18,20). The van der Waals surface area contributed by atoms with Gasteiger partial charge in [0.2, 0.25) is 0 Å². The molecule has 1 aromatic heterocycles. The summed E-state index contributed by atoms with van der Waals surface area (Å²) in [6.45, 7) is 3.75. The minimum atomic E-state index is -0.177. The van der Waals surface area contributed by atoms with Gasteiger partial charge in [0.25, 0.3) is 5.91 Å². The summed E-state index contributed by atoms with van der Waals surface area (Å²) in [5.41, 5.74) is 7.24. The molecular formula is C16H23N3O2. The van der Waals surface area contributed by atoms with Gasteiger partial charge in [0, 0.05) is 24.0 Å². The maximum absolute atomic E-state index is 12.4. The number of fused-ring (bicyclic) bond motifs is 1. The van der Waals surface area contributed by atoms with Crippen molar-refractivity contribution in [1.82, 2.24) is 10.2 Å². The second kappa shape index (κ2) is 6.74. The number of carbonyl (C=O) groups excluding carboxylic acids is 1. The van der Waals surface area contributed by atoms with Crippen molar-refractivity contribution < 1.29 is 9.21 Å². The molecule has 1 unspecified atom stereocenters. The summed E-state index contributed by atoms with van der Waals surface area (Å²) in [5, 5.41) is 3.88. The van der Waals surface area contributed by atoms with Gasteiger partial charge in [0.05, 0.1) is 0 Å². The van der Waals surface area contributed by atoms with Crippen molar-refractivity contribution in [2.24, 2.45) is 11.7 Å². The zero-order chi connectivity index (χ0) is 15.4. The minimum Gasteiger partial charge on any atom is -0.451 e. The van der Waals surface area contributed by atoms with E-state index >= 15 is 0 Å². The first kappa shape index (κ1) is 15.5. The lowest BCUT2D eigenvalue weighted by Gasteiger charge is -2.12. The molecular weight excluding hydrogens is 266 g/mol. The van der Waals surface area contributed by atoms with Crippen molar-refractivity contribution in [1.29, 1.82) is 0 Å². The molecule has 1 atom stereocenters. The summed E-state index contributed by atoms with van der Waals surface area (Å²) in [6.07, 6.45) is 0. The molecule has 3 N–H and O–H groups in total. The van der Waals surface area contributed by atoms with Crippen molar-refractivity contribution in [2.45, 2.75) is 13.5 Å². The Morgan fingerprint density at radius 1 is 1.38 bits per heavy atom. The maximum atomic E-state index is 12.4. The van der Waals surface area contributed by atoms with E-state index < -0.39 is 0 Å². The van der Waals surface area contributed by atoms with E-state index in [1.807, 2.05) is 50.2 Å². The van der Waals surface area contributed by atoms with Crippen LogP contribution in [0.5, 0.6) is 0 Å². The average molecular weight is 289 g/mol. The van der Waals surface area contributed by atoms with E-state index in [-0.39, 0.29) is 11.8 Å². The molecule has 5 nitrogen and oxygen atoms in total. The minimum absolute atomic E-state index is 0.177. The van der Waals surface area contributed by atoms with Gasteiger partial charge in [-0.15, -0.1) is 0 Å². The predicted octanol–water partition coefficient (Wildman–Crippen LogP) is 1.82. The van der Waals surface area contributed by atoms with Crippen LogP contribution in [0.1, 0.15) is 23.0 Å². The first-order chi connectivity index (χ1) is 10.0. The molecule has 0 saturated carbocycles. The van der Waals surface area contributed by atoms with E-state index in [0.29, 0.717) is 25.4 Å². The van der Waals surface area contributed by atoms with Crippen LogP contribution in [0.4, 0.5) is 0 Å². The summed E-state index contributed by atoms with van der Waals surface area (Å²) in [4.78, 5) is 14.4. The molecule has 0 aliphatic heterocycles. The van der Waals surface area contributed by atoms with Gasteiger partial charge in [-0.05, 0) is 32.6 Å². The number of hydrogen-bond donors (Lipinski definition) is 2. The third-order valence-corrected chi connectivity index (χ3v) is 3.39. The van der Waals surface area contributed by atoms with Crippen LogP contribution in [0.25, 0.3) is 11.0 Å². The number of nitrogens with one attached hydrogen (secondary N) is 1. The van der Waals surface area contributed by atoms with Gasteiger partial charge in [0.15, 0.2) is 5.76 Å². The molecule has 114 valence electrons. The van der Waals surface area contributed by atoms with Crippen LogP contribution in [0.2, 0.25) is 0 Å². The molecule has 0 saturated heterocycles. The molecule has 5 heteroatoms. The van der Waals surface area contributed by atoms with Crippen molar-refractivity contribution in [2.75, 3.05) is 27.2 Å². The van der Waals surface area contributed by atoms with Gasteiger partial charge in [-0.2, -0.15) is 0 Å². The van der Waals surface area contributed by atoms with Crippen LogP contribution >= 0.6 is 0 Å². The molecule has 2 rings (SSSR count). The number of amides is 1. The highest BCUT2D eigenvalue weighted by molar-refractivity contribution is 5.99. The van der Waals surface area contributed by atoms with E-state index in [1.165, 1.54) is 0 Å². The normalized spacial score (nSPS) is 12.8. The van der Waals surface area contributed by atoms with E-state index in [9.17, 15) is 4.79 Å². The third-order valence-electron chi connectivity index (χ3n) is 3.39. The van der Waals surface area contributed by atoms with Gasteiger partial charge in [-0.25, -0.2) is 0 Å². The Balaban J connectivity index is 2.31. The Hall–Kier alpha value is -1.85. The fraction of sp³-hybridized carbons (Fsp3) is 0.438. The number of para-hydroxylation sites is 1. The van der Waals surface area contributed by atoms with Crippen molar-refractivity contribution in [3.8, 4) is 0 Å². The molecule has 1 aromatic carbocycles. The van der Waals surface area contributed by atoms with Crippen molar-refractivity contribution in [3.63, 3.8) is 0 Å². The van der Waals surface area contributed by atoms with Crippen molar-refractivity contribution in [3.05, 3.63) is 35.6 Å². The Morgan fingerprint density at radius 2 is 2.10 bits per heavy atom. The van der Waals surface area contributed by atoms with Crippen molar-refractivity contribution >= 4 is 16.9 Å². The van der Waals surface area contributed by atoms with Gasteiger partial charge in [0.1, 0.15) is 5.58 Å². The Bertz CT molecular complexity index is 619. The maximum Gasteiger partial charge on any atom is 0.287 e. The second-order valence-electron chi connectivity index (χ2n) is 5.69. The van der Waals surface area contributed by atoms with Crippen LogP contribution in [0.15, 0.2) is 28.7 Å². The summed E-state index contributed by atoms with van der Waals surface area (Å²) < 4.78 is 5.76. The van der Waals surface area contributed by atoms with Crippen LogP contribution in [-0.4, -0.2) is 38.0 Å². The third kappa shape index (κ3) is 3.62. The topological polar surface area (TPSA) is 71.5 Å². The predicted molar refractivity (Wildman–Crippen MR) is 84.2 cm³/mol. The Morgan fingerprint density at radius 3 is 2.76 bits per heavy atom. The zero-order valence-corrected chi connectivity index (χ0v) is 12.8. The molecule has 0 fully saturated rings. The molecule has 21 heavy (non-hydrogen) atoms. The van der Waals surface area contributed by atoms with Gasteiger partial charge >= 0.3 is 0 Å². The highest BCUT2D eigenvalue weighted by atomic mass is 16.3. The highest BCUT2D eigenvalue weighted by Gasteiger charge is 2.20. The summed E-state index contributed by atoms with van der Waals surface area (Å²) >= 11 is 0. The molecule has 0 bridgehead atoms. The molecule has 1 heterocycles. The van der Waals surface area contributed by atoms with E-state index in [0.717, 1.165) is 16.5 Å². The largest absolute Gasteiger partial charge is 0.451 e. The quantitative estimate of drug-likeness (QED) is 0.851. The van der Waals surface area contributed by atoms with Gasteiger partial charge in [-0.1, -0.05) is 25.1 Å². The van der Waals surface area contributed by atoms with Crippen LogP contribution in [-0.2, 0) is 6.54 Å². The number of rotatable bonds is 6. The van der Waals surface area contributed by atoms with Crippen LogP contribution in [0.3, 0.4) is 0 Å². The summed E-state index contributed by atoms with van der Waals surface area (Å²) in [7, 11) is 3.94. The summed E-state index contributed by atoms with van der Waals surface area (Å²) in [5.74, 6) is 0.466. The number of hydrogen-bond acceptors (Lipinski definition) is 4.